The molecule has 0 aromatic carbocycles. The highest BCUT2D eigenvalue weighted by Gasteiger charge is 2.71. The molecule has 33 nitrogen and oxygen atoms in total. The van der Waals surface area contributed by atoms with Gasteiger partial charge >= 0.3 is 23.9 Å². The molecule has 0 spiro atoms. The quantitative estimate of drug-likeness (QED) is 0.0219. The van der Waals surface area contributed by atoms with Gasteiger partial charge in [-0.15, -0.1) is 0 Å². The Bertz CT molecular complexity index is 3010. The van der Waals surface area contributed by atoms with Gasteiger partial charge in [0.25, 0.3) is 0 Å². The van der Waals surface area contributed by atoms with Crippen LogP contribution in [-0.4, -0.2) is 300 Å². The lowest BCUT2D eigenvalue weighted by Gasteiger charge is -2.71. The molecule has 6 aliphatic heterocycles. The third-order valence-corrected chi connectivity index (χ3v) is 25.3. The molecule has 0 amide bonds. The van der Waals surface area contributed by atoms with Gasteiger partial charge in [-0.3, -0.25) is 14.4 Å². The molecule has 33 heteroatoms. The van der Waals surface area contributed by atoms with Crippen molar-refractivity contribution in [1.29, 1.82) is 0 Å². The zero-order valence-electron chi connectivity index (χ0n) is 58.3. The summed E-state index contributed by atoms with van der Waals surface area (Å²) in [5.74, 6) is -4.85. The molecule has 6 saturated heterocycles. The summed E-state index contributed by atoms with van der Waals surface area (Å²) in [5, 5.41) is 152. The minimum Gasteiger partial charge on any atom is -0.479 e. The van der Waals surface area contributed by atoms with Crippen LogP contribution in [0.2, 0.25) is 0 Å². The highest BCUT2D eigenvalue weighted by molar-refractivity contribution is 5.79. The highest BCUT2D eigenvalue weighted by atomic mass is 16.8. The zero-order valence-corrected chi connectivity index (χ0v) is 58.3. The summed E-state index contributed by atoms with van der Waals surface area (Å²) in [5.41, 5.74) is -3.48. The number of allylic oxidation sites excluding steroid dienone is 2. The third-order valence-electron chi connectivity index (χ3n) is 25.3. The van der Waals surface area contributed by atoms with Gasteiger partial charge in [0.05, 0.1) is 42.4 Å². The lowest BCUT2D eigenvalue weighted by atomic mass is 9.33. The number of aliphatic hydroxyl groups excluding tert-OH is 13. The Balaban J connectivity index is 0.883. The third kappa shape index (κ3) is 13.9. The number of carbonyl (C=O) groups is 5. The maximum atomic E-state index is 16.1. The predicted molar refractivity (Wildman–Crippen MR) is 333 cm³/mol. The van der Waals surface area contributed by atoms with Crippen molar-refractivity contribution < 1.29 is 162 Å². The number of carboxylic acids is 1. The first kappa shape index (κ1) is 78.4. The second-order valence-corrected chi connectivity index (χ2v) is 31.8. The van der Waals surface area contributed by atoms with E-state index >= 15 is 4.79 Å². The molecule has 11 aliphatic rings. The van der Waals surface area contributed by atoms with E-state index in [9.17, 15) is 90.7 Å². The van der Waals surface area contributed by atoms with Gasteiger partial charge in [-0.05, 0) is 117 Å². The van der Waals surface area contributed by atoms with Crippen LogP contribution in [0.5, 0.6) is 0 Å². The topological polar surface area (TPSA) is 498 Å². The molecule has 101 heavy (non-hydrogen) atoms. The van der Waals surface area contributed by atoms with E-state index in [-0.39, 0.29) is 23.7 Å². The van der Waals surface area contributed by atoms with Crippen LogP contribution in [0, 0.1) is 50.2 Å². The smallest absolute Gasteiger partial charge is 0.335 e. The molecular weight excluding hydrogens is 1340 g/mol. The average Bonchev–Trinajstić information content (AvgIpc) is 0.892. The van der Waals surface area contributed by atoms with Crippen molar-refractivity contribution in [1.82, 2.24) is 0 Å². The van der Waals surface area contributed by atoms with Gasteiger partial charge in [0.15, 0.2) is 49.8 Å². The van der Waals surface area contributed by atoms with Crippen LogP contribution < -0.4 is 0 Å². The number of ether oxygens (including phenoxy) is 14. The summed E-state index contributed by atoms with van der Waals surface area (Å²) in [4.78, 5) is 67.6. The first-order chi connectivity index (χ1) is 47.3. The number of aldehydes is 1. The van der Waals surface area contributed by atoms with E-state index in [2.05, 4.69) is 40.7 Å². The van der Waals surface area contributed by atoms with E-state index in [1.807, 2.05) is 0 Å². The summed E-state index contributed by atoms with van der Waals surface area (Å²) in [6, 6.07) is 0. The maximum absolute atomic E-state index is 16.1. The Morgan fingerprint density at radius 1 is 0.545 bits per heavy atom. The molecule has 4 saturated carbocycles. The number of hydrogen-bond donors (Lipinski definition) is 14. The lowest BCUT2D eigenvalue weighted by Crippen LogP contribution is -2.68. The summed E-state index contributed by atoms with van der Waals surface area (Å²) in [6.45, 7) is 16.1. The monoisotopic (exact) mass is 1450 g/mol. The summed E-state index contributed by atoms with van der Waals surface area (Å²) in [6.07, 6.45) is -42.2. The summed E-state index contributed by atoms with van der Waals surface area (Å²) < 4.78 is 84.7. The number of carbonyl (C=O) groups excluding carboxylic acids is 4. The van der Waals surface area contributed by atoms with E-state index in [0.717, 1.165) is 25.7 Å². The van der Waals surface area contributed by atoms with Crippen LogP contribution in [0.1, 0.15) is 133 Å². The Kier molecular flexibility index (Phi) is 22.9. The number of hydrogen-bond acceptors (Lipinski definition) is 32. The van der Waals surface area contributed by atoms with Gasteiger partial charge in [0, 0.05) is 13.8 Å². The Labute approximate surface area is 583 Å². The predicted octanol–water partition coefficient (Wildman–Crippen LogP) is -2.64. The average molecular weight is 1450 g/mol. The fourth-order valence-electron chi connectivity index (χ4n) is 19.3. The Morgan fingerprint density at radius 2 is 1.12 bits per heavy atom. The van der Waals surface area contributed by atoms with Crippen molar-refractivity contribution in [3.63, 3.8) is 0 Å². The van der Waals surface area contributed by atoms with Crippen molar-refractivity contribution in [2.24, 2.45) is 50.2 Å². The van der Waals surface area contributed by atoms with Crippen molar-refractivity contribution in [2.45, 2.75) is 312 Å². The van der Waals surface area contributed by atoms with E-state index in [1.165, 1.54) is 13.8 Å². The Morgan fingerprint density at radius 3 is 1.77 bits per heavy atom. The van der Waals surface area contributed by atoms with E-state index in [0.29, 0.717) is 57.8 Å². The van der Waals surface area contributed by atoms with Crippen LogP contribution in [0.4, 0.5) is 0 Å². The number of esters is 3. The minimum atomic E-state index is -2.11. The molecule has 5 aliphatic carbocycles. The lowest BCUT2D eigenvalue weighted by molar-refractivity contribution is -0.382. The van der Waals surface area contributed by atoms with Crippen LogP contribution in [-0.2, 0) is 90.3 Å². The van der Waals surface area contributed by atoms with Gasteiger partial charge in [-0.2, -0.15) is 0 Å². The highest BCUT2D eigenvalue weighted by Crippen LogP contribution is 2.76. The standard InChI is InChI=1S/C68H104O33/c1-26-49(96-56-45(81)38(74)32(73)23-89-56)44(80)48(84)57(90-26)100-54-53(99-58-46(82)40(76)34(94-58)24-88-28(3)71)50(92-29(4)72)27(2)91-61(54)101-62(87)68-19-17-63(5,6)21-31(68)30-11-12-36-64(7)15-14-37(65(8,25-70)35(64)13-16-67(36,10)66(30,9)18-20-68)95-60-52(43(79)42(78)51(97-60)55(85)86)98-59-47(83)41(77)39(75)33(22-69)93-59/h11,25-27,31-54,56-61,69,73-84H,12-24H2,1-10H3,(H,85,86)/t26-,27+,31-,32-,33-,34+,35-,36-,37-,38+,39-,40+,41+,42+,43+,44-,45-,46-,47-,48-,49-,50+,51+,52-,53-,54+,56+,57+,58+,59+,60-,61-,64+,65-,66-,67-,68-/m0/s1. The first-order valence-electron chi connectivity index (χ1n) is 35.2. The molecule has 0 aromatic rings. The van der Waals surface area contributed by atoms with Crippen molar-refractivity contribution in [3.8, 4) is 0 Å². The largest absolute Gasteiger partial charge is 0.479 e. The molecule has 10 fully saturated rings. The van der Waals surface area contributed by atoms with Crippen molar-refractivity contribution >= 4 is 30.2 Å². The number of aliphatic carboxylic acids is 1. The second-order valence-electron chi connectivity index (χ2n) is 31.8. The molecule has 0 aromatic heterocycles. The number of rotatable bonds is 18. The van der Waals surface area contributed by atoms with Crippen molar-refractivity contribution in [3.05, 3.63) is 11.6 Å². The first-order valence-corrected chi connectivity index (χ1v) is 35.2. The second kappa shape index (κ2) is 29.5. The molecule has 6 heterocycles. The normalized spacial score (nSPS) is 51.9. The molecule has 574 valence electrons. The molecule has 0 radical (unpaired) electrons. The number of fused-ring (bicyclic) bond motifs is 7. The molecular formula is C68H104O33. The van der Waals surface area contributed by atoms with Crippen LogP contribution >= 0.6 is 0 Å². The van der Waals surface area contributed by atoms with Gasteiger partial charge in [0.1, 0.15) is 117 Å². The SMILES string of the molecule is CC(=O)OC[C@H]1O[C@H](O[C@@H]2[C@@H](O[C@H]3O[C@@H](C)[C@H](O[C@H]4OC[C@H](O)[C@@H](O)[C@@H]4O)[C@@H](O)[C@@H]3O)[C@H](OC(=O)[C@]34CCC(C)(C)C[C@H]3C3=CC[C@H]5[C@]6(C)CC[C@H](O[C@H]7O[C@@H](C(=O)O)[C@H](O)[C@@H](O)[C@@H]7O[C@H]7O[C@@H](CO)[C@H](O)[C@@H](O)[C@@H]7O)[C@@](C)(C=O)[C@H]6CC[C@]5(C)[C@@]3(C)CC4)O[C@H](C)[C@H]2OC(C)=O)[C@@H](O)[C@@H]1O. The molecule has 0 bridgehead atoms. The molecule has 14 N–H and O–H groups in total. The van der Waals surface area contributed by atoms with Crippen LogP contribution in [0.25, 0.3) is 0 Å². The van der Waals surface area contributed by atoms with E-state index in [4.69, 9.17) is 66.3 Å². The summed E-state index contributed by atoms with van der Waals surface area (Å²) in [7, 11) is 0. The molecule has 37 atom stereocenters. The number of aliphatic hydroxyl groups is 13. The van der Waals surface area contributed by atoms with Crippen molar-refractivity contribution in [2.75, 3.05) is 19.8 Å². The van der Waals surface area contributed by atoms with E-state index < -0.39 is 255 Å². The summed E-state index contributed by atoms with van der Waals surface area (Å²) >= 11 is 0. The fourth-order valence-corrected chi connectivity index (χ4v) is 19.3. The molecule has 0 unspecified atom stereocenters. The fraction of sp³-hybridized carbons (Fsp3) is 0.897. The molecule has 11 rings (SSSR count). The maximum Gasteiger partial charge on any atom is 0.335 e. The van der Waals surface area contributed by atoms with Gasteiger partial charge < -0.3 is 143 Å². The number of carboxylic acid groups (broad SMARTS) is 1. The van der Waals surface area contributed by atoms with Gasteiger partial charge in [-0.1, -0.05) is 53.2 Å². The van der Waals surface area contributed by atoms with E-state index in [1.54, 1.807) is 6.92 Å². The minimum absolute atomic E-state index is 0.0903. The van der Waals surface area contributed by atoms with Gasteiger partial charge in [0.2, 0.25) is 6.29 Å². The van der Waals surface area contributed by atoms with Crippen LogP contribution in [0.15, 0.2) is 11.6 Å². The Hall–Kier alpha value is -3.67. The van der Waals surface area contributed by atoms with Gasteiger partial charge in [-0.25, -0.2) is 4.79 Å². The van der Waals surface area contributed by atoms with Crippen LogP contribution in [0.3, 0.4) is 0 Å². The zero-order chi connectivity index (χ0) is 73.9.